The molecule has 0 aromatic heterocycles. The fourth-order valence-corrected chi connectivity index (χ4v) is 6.41. The molecule has 9 heteroatoms. The molecule has 3 heterocycles. The van der Waals surface area contributed by atoms with Crippen LogP contribution in [-0.2, 0) is 19.5 Å². The van der Waals surface area contributed by atoms with Crippen molar-refractivity contribution < 1.29 is 22.7 Å². The van der Waals surface area contributed by atoms with Crippen LogP contribution in [0.25, 0.3) is 0 Å². The third kappa shape index (κ3) is 5.51. The van der Waals surface area contributed by atoms with Crippen LogP contribution in [0, 0.1) is 5.92 Å². The van der Waals surface area contributed by atoms with Crippen molar-refractivity contribution in [2.45, 2.75) is 43.8 Å². The van der Waals surface area contributed by atoms with Crippen molar-refractivity contribution in [2.75, 3.05) is 59.0 Å². The van der Waals surface area contributed by atoms with Gasteiger partial charge in [-0.3, -0.25) is 9.69 Å². The molecule has 1 amide bonds. The fourth-order valence-electron chi connectivity index (χ4n) is 5.01. The topological polar surface area (TPSA) is 79.4 Å². The average molecular weight is 466 g/mol. The highest BCUT2D eigenvalue weighted by molar-refractivity contribution is 7.89. The van der Waals surface area contributed by atoms with Crippen molar-refractivity contribution >= 4 is 15.9 Å². The molecule has 1 aromatic carbocycles. The van der Waals surface area contributed by atoms with Crippen LogP contribution in [-0.4, -0.2) is 99.7 Å². The van der Waals surface area contributed by atoms with Gasteiger partial charge in [-0.25, -0.2) is 8.42 Å². The predicted octanol–water partition coefficient (Wildman–Crippen LogP) is 1.67. The molecule has 3 aliphatic heterocycles. The van der Waals surface area contributed by atoms with Crippen LogP contribution in [0.3, 0.4) is 0 Å². The molecule has 8 nitrogen and oxygen atoms in total. The van der Waals surface area contributed by atoms with E-state index in [9.17, 15) is 13.2 Å². The number of likely N-dealkylation sites (tertiary alicyclic amines) is 1. The van der Waals surface area contributed by atoms with Gasteiger partial charge in [0.1, 0.15) is 0 Å². The Hall–Kier alpha value is -1.52. The minimum atomic E-state index is -3.54. The zero-order valence-electron chi connectivity index (χ0n) is 19.1. The van der Waals surface area contributed by atoms with Gasteiger partial charge < -0.3 is 14.4 Å². The minimum absolute atomic E-state index is 0.0209. The Kier molecular flexibility index (Phi) is 7.51. The maximum absolute atomic E-state index is 13.0. The van der Waals surface area contributed by atoms with Crippen LogP contribution in [0.15, 0.2) is 29.2 Å². The van der Waals surface area contributed by atoms with Gasteiger partial charge in [0.15, 0.2) is 0 Å². The third-order valence-corrected chi connectivity index (χ3v) is 8.54. The molecule has 3 saturated heterocycles. The van der Waals surface area contributed by atoms with E-state index in [0.29, 0.717) is 37.8 Å². The van der Waals surface area contributed by atoms with Gasteiger partial charge in [0, 0.05) is 51.4 Å². The number of hydrogen-bond donors (Lipinski definition) is 0. The summed E-state index contributed by atoms with van der Waals surface area (Å²) < 4.78 is 38.1. The van der Waals surface area contributed by atoms with Crippen molar-refractivity contribution in [3.05, 3.63) is 29.8 Å². The van der Waals surface area contributed by atoms with Gasteiger partial charge in [0.25, 0.3) is 5.91 Å². The first kappa shape index (κ1) is 23.6. The summed E-state index contributed by atoms with van der Waals surface area (Å²) in [5.41, 5.74) is 0.542. The first-order valence-corrected chi connectivity index (χ1v) is 13.1. The lowest BCUT2D eigenvalue weighted by Crippen LogP contribution is -2.48. The zero-order valence-corrected chi connectivity index (χ0v) is 19.9. The standard InChI is InChI=1S/C23H35N3O5S/c1-18-15-24(16-19(2)31-18)17-20-7-9-25(10-8-20)23(27)21-3-5-22(6-4-21)32(28,29)26-11-13-30-14-12-26/h3-6,18-20H,7-17H2,1-2H3. The normalized spacial score (nSPS) is 26.9. The summed E-state index contributed by atoms with van der Waals surface area (Å²) >= 11 is 0. The van der Waals surface area contributed by atoms with E-state index in [1.165, 1.54) is 4.31 Å². The summed E-state index contributed by atoms with van der Waals surface area (Å²) in [5, 5.41) is 0. The summed E-state index contributed by atoms with van der Waals surface area (Å²) in [6.07, 6.45) is 2.54. The highest BCUT2D eigenvalue weighted by Gasteiger charge is 2.29. The van der Waals surface area contributed by atoms with Crippen molar-refractivity contribution in [1.82, 2.24) is 14.1 Å². The third-order valence-electron chi connectivity index (χ3n) is 6.62. The lowest BCUT2D eigenvalue weighted by atomic mass is 9.95. The first-order valence-electron chi connectivity index (χ1n) is 11.7. The quantitative estimate of drug-likeness (QED) is 0.658. The van der Waals surface area contributed by atoms with E-state index in [-0.39, 0.29) is 23.0 Å². The highest BCUT2D eigenvalue weighted by atomic mass is 32.2. The second-order valence-corrected chi connectivity index (χ2v) is 11.2. The van der Waals surface area contributed by atoms with Crippen LogP contribution in [0.4, 0.5) is 0 Å². The molecule has 0 radical (unpaired) electrons. The Balaban J connectivity index is 1.30. The van der Waals surface area contributed by atoms with Crippen molar-refractivity contribution in [3.63, 3.8) is 0 Å². The van der Waals surface area contributed by atoms with Gasteiger partial charge in [-0.2, -0.15) is 4.31 Å². The van der Waals surface area contributed by atoms with E-state index in [1.807, 2.05) is 4.90 Å². The van der Waals surface area contributed by atoms with Crippen LogP contribution in [0.5, 0.6) is 0 Å². The Morgan fingerprint density at radius 3 is 2.16 bits per heavy atom. The maximum Gasteiger partial charge on any atom is 0.253 e. The Morgan fingerprint density at radius 1 is 0.969 bits per heavy atom. The number of nitrogens with zero attached hydrogens (tertiary/aromatic N) is 3. The van der Waals surface area contributed by atoms with Crippen LogP contribution >= 0.6 is 0 Å². The number of rotatable bonds is 5. The largest absolute Gasteiger partial charge is 0.379 e. The molecule has 0 bridgehead atoms. The van der Waals surface area contributed by atoms with Gasteiger partial charge in [0.05, 0.1) is 30.3 Å². The number of piperidine rings is 1. The van der Waals surface area contributed by atoms with Gasteiger partial charge in [-0.1, -0.05) is 0 Å². The second-order valence-electron chi connectivity index (χ2n) is 9.25. The SMILES string of the molecule is CC1CN(CC2CCN(C(=O)c3ccc(S(=O)(=O)N4CCOCC4)cc3)CC2)CC(C)O1. The first-order chi connectivity index (χ1) is 15.3. The Bertz CT molecular complexity index is 867. The average Bonchev–Trinajstić information content (AvgIpc) is 2.79. The van der Waals surface area contributed by atoms with Crippen LogP contribution in [0.1, 0.15) is 37.0 Å². The summed E-state index contributed by atoms with van der Waals surface area (Å²) in [5.74, 6) is 0.574. The summed E-state index contributed by atoms with van der Waals surface area (Å²) in [4.78, 5) is 17.6. The molecule has 2 atom stereocenters. The van der Waals surface area contributed by atoms with Crippen LogP contribution < -0.4 is 0 Å². The molecular weight excluding hydrogens is 430 g/mol. The number of hydrogen-bond acceptors (Lipinski definition) is 6. The lowest BCUT2D eigenvalue weighted by molar-refractivity contribution is -0.0728. The number of morpholine rings is 2. The molecule has 3 aliphatic rings. The summed E-state index contributed by atoms with van der Waals surface area (Å²) in [6, 6.07) is 6.37. The number of carbonyl (C=O) groups is 1. The smallest absolute Gasteiger partial charge is 0.253 e. The second kappa shape index (κ2) is 10.2. The number of carbonyl (C=O) groups excluding carboxylic acids is 1. The van der Waals surface area contributed by atoms with E-state index < -0.39 is 10.0 Å². The van der Waals surface area contributed by atoms with E-state index in [4.69, 9.17) is 9.47 Å². The van der Waals surface area contributed by atoms with Crippen molar-refractivity contribution in [3.8, 4) is 0 Å². The summed E-state index contributed by atoms with van der Waals surface area (Å²) in [7, 11) is -3.54. The van der Waals surface area contributed by atoms with E-state index in [2.05, 4.69) is 18.7 Å². The number of ether oxygens (including phenoxy) is 2. The molecule has 0 N–H and O–H groups in total. The Morgan fingerprint density at radius 2 is 1.56 bits per heavy atom. The highest BCUT2D eigenvalue weighted by Crippen LogP contribution is 2.23. The van der Waals surface area contributed by atoms with Gasteiger partial charge in [-0.15, -0.1) is 0 Å². The number of amides is 1. The molecule has 0 spiro atoms. The van der Waals surface area contributed by atoms with Gasteiger partial charge in [0.2, 0.25) is 10.0 Å². The van der Waals surface area contributed by atoms with Gasteiger partial charge in [-0.05, 0) is 56.9 Å². The molecule has 0 aliphatic carbocycles. The lowest BCUT2D eigenvalue weighted by Gasteiger charge is -2.39. The molecular formula is C23H35N3O5S. The zero-order chi connectivity index (χ0) is 22.7. The predicted molar refractivity (Wildman–Crippen MR) is 121 cm³/mol. The fraction of sp³-hybridized carbons (Fsp3) is 0.696. The van der Waals surface area contributed by atoms with Gasteiger partial charge >= 0.3 is 0 Å². The monoisotopic (exact) mass is 465 g/mol. The molecule has 2 unspecified atom stereocenters. The molecule has 1 aromatic rings. The van der Waals surface area contributed by atoms with E-state index in [0.717, 1.165) is 45.6 Å². The van der Waals surface area contributed by atoms with Crippen LogP contribution in [0.2, 0.25) is 0 Å². The minimum Gasteiger partial charge on any atom is -0.379 e. The van der Waals surface area contributed by atoms with Crippen molar-refractivity contribution in [2.24, 2.45) is 5.92 Å². The molecule has 32 heavy (non-hydrogen) atoms. The molecule has 178 valence electrons. The van der Waals surface area contributed by atoms with E-state index in [1.54, 1.807) is 24.3 Å². The summed E-state index contributed by atoms with van der Waals surface area (Å²) in [6.45, 7) is 10.3. The van der Waals surface area contributed by atoms with E-state index >= 15 is 0 Å². The van der Waals surface area contributed by atoms with Crippen molar-refractivity contribution in [1.29, 1.82) is 0 Å². The molecule has 3 fully saturated rings. The molecule has 0 saturated carbocycles. The molecule has 4 rings (SSSR count). The maximum atomic E-state index is 13.0. The Labute approximate surface area is 191 Å². The number of benzene rings is 1. The number of sulfonamides is 1.